The quantitative estimate of drug-likeness (QED) is 0.843. The molecule has 0 bridgehead atoms. The molecule has 0 saturated carbocycles. The van der Waals surface area contributed by atoms with Gasteiger partial charge in [-0.15, -0.1) is 0 Å². The molecule has 2 aliphatic heterocycles. The van der Waals surface area contributed by atoms with E-state index in [1.54, 1.807) is 7.11 Å². The topological polar surface area (TPSA) is 41.6 Å². The highest BCUT2D eigenvalue weighted by molar-refractivity contribution is 5.83. The molecule has 0 aromatic carbocycles. The summed E-state index contributed by atoms with van der Waals surface area (Å²) in [7, 11) is 1.76. The Kier molecular flexibility index (Phi) is 4.85. The maximum Gasteiger partial charge on any atom is 0.230 e. The fourth-order valence-corrected chi connectivity index (χ4v) is 3.59. The van der Waals surface area contributed by atoms with Gasteiger partial charge in [-0.25, -0.2) is 0 Å². The van der Waals surface area contributed by atoms with Gasteiger partial charge in [0.2, 0.25) is 5.91 Å². The Balaban J connectivity index is 2.05. The Bertz CT molecular complexity index is 313. The van der Waals surface area contributed by atoms with Crippen molar-refractivity contribution >= 4 is 5.91 Å². The molecule has 0 spiro atoms. The molecular weight excluding hydrogens is 240 g/mol. The average Bonchev–Trinajstić information content (AvgIpc) is 2.89. The number of hydrogen-bond acceptors (Lipinski definition) is 3. The maximum absolute atomic E-state index is 12.9. The van der Waals surface area contributed by atoms with Crippen LogP contribution in [0, 0.1) is 11.3 Å². The smallest absolute Gasteiger partial charge is 0.230 e. The molecule has 1 amide bonds. The van der Waals surface area contributed by atoms with Crippen LogP contribution in [-0.4, -0.2) is 50.2 Å². The van der Waals surface area contributed by atoms with Crippen LogP contribution in [0.15, 0.2) is 0 Å². The second-order valence-corrected chi connectivity index (χ2v) is 6.25. The number of rotatable bonds is 4. The first-order chi connectivity index (χ1) is 9.13. The fraction of sp³-hybridized carbons (Fsp3) is 0.933. The van der Waals surface area contributed by atoms with Crippen molar-refractivity contribution in [2.75, 3.05) is 33.3 Å². The molecular formula is C15H28N2O2. The molecule has 2 fully saturated rings. The Morgan fingerprint density at radius 3 is 2.89 bits per heavy atom. The average molecular weight is 268 g/mol. The van der Waals surface area contributed by atoms with Crippen LogP contribution in [0.5, 0.6) is 0 Å². The summed E-state index contributed by atoms with van der Waals surface area (Å²) in [6, 6.07) is 0. The van der Waals surface area contributed by atoms with Crippen molar-refractivity contribution in [3.05, 3.63) is 0 Å². The first kappa shape index (κ1) is 14.8. The zero-order valence-electron chi connectivity index (χ0n) is 12.6. The number of likely N-dealkylation sites (tertiary alicyclic amines) is 1. The predicted octanol–water partition coefficient (Wildman–Crippen LogP) is 1.65. The lowest BCUT2D eigenvalue weighted by Crippen LogP contribution is -2.52. The van der Waals surface area contributed by atoms with Crippen molar-refractivity contribution in [1.82, 2.24) is 10.2 Å². The van der Waals surface area contributed by atoms with Crippen LogP contribution < -0.4 is 5.32 Å². The minimum atomic E-state index is -0.145. The van der Waals surface area contributed by atoms with Gasteiger partial charge in [-0.2, -0.15) is 0 Å². The van der Waals surface area contributed by atoms with E-state index in [9.17, 15) is 4.79 Å². The summed E-state index contributed by atoms with van der Waals surface area (Å²) < 4.78 is 5.53. The van der Waals surface area contributed by atoms with Crippen LogP contribution in [0.25, 0.3) is 0 Å². The Morgan fingerprint density at radius 2 is 2.32 bits per heavy atom. The van der Waals surface area contributed by atoms with Gasteiger partial charge in [-0.1, -0.05) is 20.3 Å². The highest BCUT2D eigenvalue weighted by atomic mass is 16.5. The lowest BCUT2D eigenvalue weighted by molar-refractivity contribution is -0.146. The first-order valence-corrected chi connectivity index (χ1v) is 7.66. The monoisotopic (exact) mass is 268 g/mol. The van der Waals surface area contributed by atoms with E-state index >= 15 is 0 Å². The van der Waals surface area contributed by atoms with Gasteiger partial charge in [0.25, 0.3) is 0 Å². The third-order valence-electron chi connectivity index (χ3n) is 4.91. The predicted molar refractivity (Wildman–Crippen MR) is 76.0 cm³/mol. The third kappa shape index (κ3) is 2.95. The summed E-state index contributed by atoms with van der Waals surface area (Å²) in [6.45, 7) is 7.87. The zero-order valence-corrected chi connectivity index (χ0v) is 12.6. The summed E-state index contributed by atoms with van der Waals surface area (Å²) in [5, 5.41) is 3.37. The second kappa shape index (κ2) is 6.23. The number of nitrogens with one attached hydrogen (secondary N) is 1. The number of nitrogens with zero attached hydrogens (tertiary/aromatic N) is 1. The summed E-state index contributed by atoms with van der Waals surface area (Å²) in [5.74, 6) is 0.908. The maximum atomic E-state index is 12.9. The molecule has 0 aromatic heterocycles. The number of hydrogen-bond donors (Lipinski definition) is 1. The molecule has 1 N–H and O–H groups in total. The van der Waals surface area contributed by atoms with Gasteiger partial charge in [0.05, 0.1) is 11.5 Å². The van der Waals surface area contributed by atoms with Crippen molar-refractivity contribution in [1.29, 1.82) is 0 Å². The second-order valence-electron chi connectivity index (χ2n) is 6.25. The number of carbonyl (C=O) groups is 1. The molecule has 3 atom stereocenters. The number of amides is 1. The van der Waals surface area contributed by atoms with Crippen LogP contribution >= 0.6 is 0 Å². The van der Waals surface area contributed by atoms with E-state index in [1.807, 2.05) is 0 Å². The molecule has 0 aliphatic carbocycles. The van der Waals surface area contributed by atoms with Crippen LogP contribution in [-0.2, 0) is 9.53 Å². The standard InChI is InChI=1S/C15H28N2O2/c1-4-6-15(7-8-16-11-15)14(18)17-9-5-12(2)13(10-17)19-3/h12-13,16H,4-11H2,1-3H3. The van der Waals surface area contributed by atoms with E-state index in [2.05, 4.69) is 24.1 Å². The van der Waals surface area contributed by atoms with Gasteiger partial charge < -0.3 is 15.0 Å². The number of piperidine rings is 1. The normalized spacial score (nSPS) is 35.6. The van der Waals surface area contributed by atoms with Gasteiger partial charge in [-0.3, -0.25) is 4.79 Å². The Morgan fingerprint density at radius 1 is 1.53 bits per heavy atom. The number of ether oxygens (including phenoxy) is 1. The molecule has 3 unspecified atom stereocenters. The summed E-state index contributed by atoms with van der Waals surface area (Å²) >= 11 is 0. The molecule has 110 valence electrons. The minimum Gasteiger partial charge on any atom is -0.379 e. The molecule has 4 nitrogen and oxygen atoms in total. The lowest BCUT2D eigenvalue weighted by Gasteiger charge is -2.40. The van der Waals surface area contributed by atoms with Crippen LogP contribution in [0.3, 0.4) is 0 Å². The Labute approximate surface area is 116 Å². The molecule has 2 saturated heterocycles. The van der Waals surface area contributed by atoms with Gasteiger partial charge in [0, 0.05) is 26.7 Å². The van der Waals surface area contributed by atoms with Crippen LogP contribution in [0.1, 0.15) is 39.5 Å². The van der Waals surface area contributed by atoms with Crippen LogP contribution in [0.2, 0.25) is 0 Å². The highest BCUT2D eigenvalue weighted by Crippen LogP contribution is 2.34. The Hall–Kier alpha value is -0.610. The van der Waals surface area contributed by atoms with Crippen LogP contribution in [0.4, 0.5) is 0 Å². The van der Waals surface area contributed by atoms with Crippen molar-refractivity contribution in [2.24, 2.45) is 11.3 Å². The SMILES string of the molecule is CCCC1(C(=O)N2CCC(C)C(OC)C2)CCNC1. The van der Waals surface area contributed by atoms with Gasteiger partial charge in [-0.05, 0) is 31.7 Å². The molecule has 2 rings (SSSR count). The summed E-state index contributed by atoms with van der Waals surface area (Å²) in [4.78, 5) is 15.0. The fourth-order valence-electron chi connectivity index (χ4n) is 3.59. The largest absolute Gasteiger partial charge is 0.379 e. The molecule has 2 heterocycles. The molecule has 4 heteroatoms. The molecule has 2 aliphatic rings. The van der Waals surface area contributed by atoms with Crippen molar-refractivity contribution in [3.63, 3.8) is 0 Å². The highest BCUT2D eigenvalue weighted by Gasteiger charge is 2.44. The van der Waals surface area contributed by atoms with E-state index in [0.717, 1.165) is 51.9 Å². The van der Waals surface area contributed by atoms with E-state index in [4.69, 9.17) is 4.74 Å². The zero-order chi connectivity index (χ0) is 13.9. The van der Waals surface area contributed by atoms with E-state index < -0.39 is 0 Å². The number of methoxy groups -OCH3 is 1. The van der Waals surface area contributed by atoms with Gasteiger partial charge in [0.15, 0.2) is 0 Å². The van der Waals surface area contributed by atoms with Gasteiger partial charge >= 0.3 is 0 Å². The van der Waals surface area contributed by atoms with Crippen molar-refractivity contribution in [2.45, 2.75) is 45.6 Å². The lowest BCUT2D eigenvalue weighted by atomic mass is 9.80. The minimum absolute atomic E-state index is 0.145. The van der Waals surface area contributed by atoms with E-state index in [1.165, 1.54) is 0 Å². The molecule has 0 aromatic rings. The van der Waals surface area contributed by atoms with Crippen molar-refractivity contribution in [3.8, 4) is 0 Å². The van der Waals surface area contributed by atoms with E-state index in [0.29, 0.717) is 11.8 Å². The van der Waals surface area contributed by atoms with Gasteiger partial charge in [0.1, 0.15) is 0 Å². The molecule has 0 radical (unpaired) electrons. The summed E-state index contributed by atoms with van der Waals surface area (Å²) in [5.41, 5.74) is -0.145. The third-order valence-corrected chi connectivity index (χ3v) is 4.91. The summed E-state index contributed by atoms with van der Waals surface area (Å²) in [6.07, 6.45) is 4.32. The number of carbonyl (C=O) groups excluding carboxylic acids is 1. The first-order valence-electron chi connectivity index (χ1n) is 7.66. The van der Waals surface area contributed by atoms with Crippen molar-refractivity contribution < 1.29 is 9.53 Å². The van der Waals surface area contributed by atoms with E-state index in [-0.39, 0.29) is 11.5 Å². The molecule has 19 heavy (non-hydrogen) atoms.